The van der Waals surface area contributed by atoms with Gasteiger partial charge in [0, 0.05) is 12.4 Å². The van der Waals surface area contributed by atoms with E-state index in [1.807, 2.05) is 0 Å². The van der Waals surface area contributed by atoms with E-state index >= 15 is 0 Å². The number of unbranched alkanes of at least 4 members (excludes halogenated alkanes) is 3. The molecule has 118 valence electrons. The lowest BCUT2D eigenvalue weighted by Crippen LogP contribution is -2.34. The van der Waals surface area contributed by atoms with E-state index in [1.165, 1.54) is 0 Å². The zero-order valence-electron chi connectivity index (χ0n) is 11.1. The van der Waals surface area contributed by atoms with E-state index in [2.05, 4.69) is 12.6 Å². The maximum atomic E-state index is 11.0. The van der Waals surface area contributed by atoms with E-state index < -0.39 is 28.5 Å². The molecule has 6 nitrogen and oxygen atoms in total. The second-order valence-electron chi connectivity index (χ2n) is 4.46. The molecule has 0 aliphatic carbocycles. The predicted molar refractivity (Wildman–Crippen MR) is 80.5 cm³/mol. The summed E-state index contributed by atoms with van der Waals surface area (Å²) in [4.78, 5) is 21.7. The summed E-state index contributed by atoms with van der Waals surface area (Å²) in [7, 11) is 0. The molecule has 3 unspecified atom stereocenters. The van der Waals surface area contributed by atoms with Crippen molar-refractivity contribution in [2.24, 2.45) is 0 Å². The summed E-state index contributed by atoms with van der Waals surface area (Å²) in [5, 5.41) is 33.5. The molecular formula is C12H22O6S2. The Labute approximate surface area is 128 Å². The third-order valence-electron chi connectivity index (χ3n) is 2.70. The normalized spacial score (nSPS) is 15.6. The Kier molecular flexibility index (Phi) is 11.0. The lowest BCUT2D eigenvalue weighted by Gasteiger charge is -2.17. The van der Waals surface area contributed by atoms with E-state index in [0.717, 1.165) is 37.4 Å². The van der Waals surface area contributed by atoms with Gasteiger partial charge < -0.3 is 20.4 Å². The third-order valence-corrected chi connectivity index (χ3v) is 4.83. The van der Waals surface area contributed by atoms with Gasteiger partial charge in [-0.05, 0) is 12.8 Å². The lowest BCUT2D eigenvalue weighted by atomic mass is 10.1. The van der Waals surface area contributed by atoms with E-state index in [4.69, 9.17) is 15.3 Å². The molecule has 8 heteroatoms. The summed E-state index contributed by atoms with van der Waals surface area (Å²) < 4.78 is 0. The summed E-state index contributed by atoms with van der Waals surface area (Å²) in [5.74, 6) is -2.36. The number of carbonyl (C=O) groups is 2. The van der Waals surface area contributed by atoms with Gasteiger partial charge in [-0.3, -0.25) is 9.59 Å². The SMILES string of the molecule is O=C(O)C(S)C(SCC(O)CCCCCCO)C(=O)O. The topological polar surface area (TPSA) is 115 Å². The van der Waals surface area contributed by atoms with Crippen LogP contribution in [0.2, 0.25) is 0 Å². The summed E-state index contributed by atoms with van der Waals surface area (Å²) in [6.07, 6.45) is 3.20. The van der Waals surface area contributed by atoms with Gasteiger partial charge in [0.15, 0.2) is 0 Å². The van der Waals surface area contributed by atoms with Gasteiger partial charge >= 0.3 is 11.9 Å². The van der Waals surface area contributed by atoms with E-state index in [-0.39, 0.29) is 12.4 Å². The van der Waals surface area contributed by atoms with Gasteiger partial charge in [0.25, 0.3) is 0 Å². The summed E-state index contributed by atoms with van der Waals surface area (Å²) in [6, 6.07) is 0. The second-order valence-corrected chi connectivity index (χ2v) is 6.19. The van der Waals surface area contributed by atoms with Crippen molar-refractivity contribution in [2.45, 2.75) is 48.7 Å². The van der Waals surface area contributed by atoms with Crippen LogP contribution in [0.25, 0.3) is 0 Å². The Morgan fingerprint density at radius 2 is 1.65 bits per heavy atom. The molecule has 0 saturated heterocycles. The van der Waals surface area contributed by atoms with E-state index in [0.29, 0.717) is 6.42 Å². The Hall–Kier alpha value is -0.440. The molecule has 0 bridgehead atoms. The van der Waals surface area contributed by atoms with Crippen LogP contribution in [0.15, 0.2) is 0 Å². The van der Waals surface area contributed by atoms with Crippen LogP contribution in [-0.4, -0.2) is 61.3 Å². The average molecular weight is 326 g/mol. The Morgan fingerprint density at radius 1 is 1.05 bits per heavy atom. The summed E-state index contributed by atoms with van der Waals surface area (Å²) in [6.45, 7) is 0.164. The number of rotatable bonds is 12. The fraction of sp³-hybridized carbons (Fsp3) is 0.833. The number of hydrogen-bond acceptors (Lipinski definition) is 6. The summed E-state index contributed by atoms with van der Waals surface area (Å²) >= 11 is 4.66. The van der Waals surface area contributed by atoms with Crippen LogP contribution >= 0.6 is 24.4 Å². The Bertz CT molecular complexity index is 300. The number of aliphatic carboxylic acids is 2. The maximum Gasteiger partial charge on any atom is 0.318 e. The zero-order chi connectivity index (χ0) is 15.5. The van der Waals surface area contributed by atoms with Gasteiger partial charge in [0.05, 0.1) is 6.10 Å². The fourth-order valence-electron chi connectivity index (χ4n) is 1.57. The molecule has 0 radical (unpaired) electrons. The molecular weight excluding hydrogens is 304 g/mol. The minimum atomic E-state index is -1.30. The van der Waals surface area contributed by atoms with E-state index in [1.54, 1.807) is 0 Å². The highest BCUT2D eigenvalue weighted by atomic mass is 32.2. The number of thiol groups is 1. The summed E-state index contributed by atoms with van der Waals surface area (Å²) in [5.41, 5.74) is 0. The van der Waals surface area contributed by atoms with Crippen molar-refractivity contribution in [3.8, 4) is 0 Å². The van der Waals surface area contributed by atoms with Gasteiger partial charge in [-0.1, -0.05) is 19.3 Å². The molecule has 0 aliphatic heterocycles. The van der Waals surface area contributed by atoms with Crippen LogP contribution in [0, 0.1) is 0 Å². The van der Waals surface area contributed by atoms with Crippen molar-refractivity contribution in [1.29, 1.82) is 0 Å². The van der Waals surface area contributed by atoms with Crippen molar-refractivity contribution in [2.75, 3.05) is 12.4 Å². The van der Waals surface area contributed by atoms with Gasteiger partial charge in [-0.25, -0.2) is 0 Å². The van der Waals surface area contributed by atoms with Crippen LogP contribution < -0.4 is 0 Å². The highest BCUT2D eigenvalue weighted by molar-refractivity contribution is 8.01. The van der Waals surface area contributed by atoms with Crippen LogP contribution in [0.1, 0.15) is 32.1 Å². The molecule has 4 N–H and O–H groups in total. The number of carboxylic acids is 2. The Morgan fingerprint density at radius 3 is 2.15 bits per heavy atom. The average Bonchev–Trinajstić information content (AvgIpc) is 2.37. The number of aliphatic hydroxyl groups excluding tert-OH is 2. The first kappa shape index (κ1) is 19.6. The van der Waals surface area contributed by atoms with Crippen LogP contribution in [0.5, 0.6) is 0 Å². The number of thioether (sulfide) groups is 1. The molecule has 0 aromatic rings. The van der Waals surface area contributed by atoms with Crippen molar-refractivity contribution in [3.05, 3.63) is 0 Å². The smallest absolute Gasteiger partial charge is 0.318 e. The number of hydrogen-bond donors (Lipinski definition) is 5. The van der Waals surface area contributed by atoms with Gasteiger partial charge in [0.2, 0.25) is 0 Å². The number of carboxylic acid groups (broad SMARTS) is 2. The predicted octanol–water partition coefficient (Wildman–Crippen LogP) is 0.859. The zero-order valence-corrected chi connectivity index (χ0v) is 12.9. The molecule has 0 aromatic carbocycles. The molecule has 0 rings (SSSR count). The van der Waals surface area contributed by atoms with Crippen molar-refractivity contribution in [3.63, 3.8) is 0 Å². The third kappa shape index (κ3) is 8.68. The molecule has 0 fully saturated rings. The first-order valence-corrected chi connectivity index (χ1v) is 8.00. The molecule has 0 aromatic heterocycles. The molecule has 0 amide bonds. The van der Waals surface area contributed by atoms with Gasteiger partial charge in [-0.2, -0.15) is 12.6 Å². The highest BCUT2D eigenvalue weighted by Gasteiger charge is 2.31. The van der Waals surface area contributed by atoms with Crippen molar-refractivity contribution < 1.29 is 30.0 Å². The van der Waals surface area contributed by atoms with Crippen LogP contribution in [0.3, 0.4) is 0 Å². The molecule has 3 atom stereocenters. The van der Waals surface area contributed by atoms with Crippen molar-refractivity contribution in [1.82, 2.24) is 0 Å². The van der Waals surface area contributed by atoms with Crippen molar-refractivity contribution >= 4 is 36.3 Å². The maximum absolute atomic E-state index is 11.0. The highest BCUT2D eigenvalue weighted by Crippen LogP contribution is 2.22. The van der Waals surface area contributed by atoms with Gasteiger partial charge in [-0.15, -0.1) is 11.8 Å². The first-order chi connectivity index (χ1) is 9.40. The monoisotopic (exact) mass is 326 g/mol. The van der Waals surface area contributed by atoms with Crippen LogP contribution in [-0.2, 0) is 9.59 Å². The minimum Gasteiger partial charge on any atom is -0.480 e. The fourth-order valence-corrected chi connectivity index (χ4v) is 2.99. The van der Waals surface area contributed by atoms with E-state index in [9.17, 15) is 14.7 Å². The number of aliphatic hydroxyl groups is 2. The molecule has 20 heavy (non-hydrogen) atoms. The minimum absolute atomic E-state index is 0.164. The standard InChI is InChI=1S/C12H22O6S2/c13-6-4-2-1-3-5-8(14)7-20-10(12(17)18)9(19)11(15)16/h8-10,13-14,19H,1-7H2,(H,15,16)(H,17,18). The quantitative estimate of drug-likeness (QED) is 0.267. The van der Waals surface area contributed by atoms with Gasteiger partial charge in [0.1, 0.15) is 10.5 Å². The Balaban J connectivity index is 3.97. The molecule has 0 saturated carbocycles. The largest absolute Gasteiger partial charge is 0.480 e. The molecule has 0 spiro atoms. The first-order valence-electron chi connectivity index (χ1n) is 6.44. The second kappa shape index (κ2) is 11.2. The lowest BCUT2D eigenvalue weighted by molar-refractivity contribution is -0.142. The molecule has 0 aliphatic rings. The molecule has 0 heterocycles. The van der Waals surface area contributed by atoms with Crippen LogP contribution in [0.4, 0.5) is 0 Å².